The molecule has 1 aliphatic rings. The summed E-state index contributed by atoms with van der Waals surface area (Å²) in [6.45, 7) is 2.91. The Balaban J connectivity index is 1.48. The molecular formula is C22H23N3O4S2. The van der Waals surface area contributed by atoms with E-state index in [4.69, 9.17) is 4.74 Å². The van der Waals surface area contributed by atoms with Gasteiger partial charge in [0.25, 0.3) is 5.91 Å². The van der Waals surface area contributed by atoms with E-state index in [1.807, 2.05) is 24.3 Å². The van der Waals surface area contributed by atoms with Gasteiger partial charge in [0.1, 0.15) is 15.6 Å². The second kappa shape index (κ2) is 8.78. The van der Waals surface area contributed by atoms with Crippen molar-refractivity contribution in [3.8, 4) is 16.3 Å². The van der Waals surface area contributed by atoms with Crippen molar-refractivity contribution in [1.82, 2.24) is 9.29 Å². The van der Waals surface area contributed by atoms with Crippen molar-refractivity contribution < 1.29 is 17.9 Å². The number of amides is 1. The van der Waals surface area contributed by atoms with Crippen molar-refractivity contribution in [2.24, 2.45) is 0 Å². The van der Waals surface area contributed by atoms with Gasteiger partial charge in [0.2, 0.25) is 10.0 Å². The second-order valence-corrected chi connectivity index (χ2v) is 10.2. The third-order valence-corrected chi connectivity index (χ3v) is 8.27. The van der Waals surface area contributed by atoms with Crippen molar-refractivity contribution in [1.29, 1.82) is 0 Å². The highest BCUT2D eigenvalue weighted by atomic mass is 32.2. The number of methoxy groups -OCH3 is 1. The number of sulfonamides is 1. The summed E-state index contributed by atoms with van der Waals surface area (Å²) in [6.07, 6.45) is 1.78. The van der Waals surface area contributed by atoms with Crippen LogP contribution in [0.4, 0.5) is 5.69 Å². The Morgan fingerprint density at radius 2 is 1.71 bits per heavy atom. The molecule has 31 heavy (non-hydrogen) atoms. The number of carbonyl (C=O) groups excluding carboxylic acids is 1. The second-order valence-electron chi connectivity index (χ2n) is 7.25. The van der Waals surface area contributed by atoms with Gasteiger partial charge in [-0.2, -0.15) is 4.31 Å². The molecular weight excluding hydrogens is 434 g/mol. The molecule has 0 atom stereocenters. The minimum absolute atomic E-state index is 0.239. The highest BCUT2D eigenvalue weighted by Crippen LogP contribution is 2.30. The number of anilines is 1. The van der Waals surface area contributed by atoms with Crippen LogP contribution in [0.15, 0.2) is 53.4 Å². The van der Waals surface area contributed by atoms with Gasteiger partial charge in [-0.05, 0) is 68.3 Å². The van der Waals surface area contributed by atoms with E-state index in [0.29, 0.717) is 29.3 Å². The monoisotopic (exact) mass is 457 g/mol. The fraction of sp³-hybridized carbons (Fsp3) is 0.273. The van der Waals surface area contributed by atoms with Crippen LogP contribution in [-0.2, 0) is 10.0 Å². The largest absolute Gasteiger partial charge is 0.497 e. The van der Waals surface area contributed by atoms with E-state index in [0.717, 1.165) is 29.2 Å². The zero-order valence-corrected chi connectivity index (χ0v) is 18.9. The van der Waals surface area contributed by atoms with Gasteiger partial charge in [0, 0.05) is 24.3 Å². The van der Waals surface area contributed by atoms with Crippen LogP contribution in [0.1, 0.15) is 28.2 Å². The first-order valence-electron chi connectivity index (χ1n) is 9.92. The zero-order valence-electron chi connectivity index (χ0n) is 17.3. The molecule has 1 fully saturated rings. The summed E-state index contributed by atoms with van der Waals surface area (Å²) in [5.41, 5.74) is 2.08. The maximum atomic E-state index is 12.8. The Hall–Kier alpha value is -2.75. The highest BCUT2D eigenvalue weighted by Gasteiger charge is 2.27. The molecule has 1 N–H and O–H groups in total. The number of rotatable bonds is 6. The summed E-state index contributed by atoms with van der Waals surface area (Å²) in [4.78, 5) is 18.1. The SMILES string of the molecule is COc1ccc(-c2nc(C)c(C(=O)Nc3ccc(S(=O)(=O)N4CCCC4)cc3)s2)cc1. The number of aryl methyl sites for hydroxylation is 1. The molecule has 1 saturated heterocycles. The van der Waals surface area contributed by atoms with Crippen LogP contribution in [0.2, 0.25) is 0 Å². The Morgan fingerprint density at radius 3 is 2.32 bits per heavy atom. The fourth-order valence-electron chi connectivity index (χ4n) is 3.44. The zero-order chi connectivity index (χ0) is 22.0. The van der Waals surface area contributed by atoms with E-state index in [1.54, 1.807) is 26.2 Å². The highest BCUT2D eigenvalue weighted by molar-refractivity contribution is 7.89. The average Bonchev–Trinajstić information content (AvgIpc) is 3.45. The van der Waals surface area contributed by atoms with E-state index in [9.17, 15) is 13.2 Å². The van der Waals surface area contributed by atoms with E-state index in [-0.39, 0.29) is 10.8 Å². The minimum Gasteiger partial charge on any atom is -0.497 e. The van der Waals surface area contributed by atoms with Crippen LogP contribution in [0.3, 0.4) is 0 Å². The van der Waals surface area contributed by atoms with Gasteiger partial charge in [-0.3, -0.25) is 4.79 Å². The summed E-state index contributed by atoms with van der Waals surface area (Å²) < 4.78 is 31.9. The summed E-state index contributed by atoms with van der Waals surface area (Å²) in [7, 11) is -1.86. The molecule has 2 aromatic carbocycles. The van der Waals surface area contributed by atoms with Crippen LogP contribution < -0.4 is 10.1 Å². The Bertz CT molecular complexity index is 1180. The molecule has 0 bridgehead atoms. The Kier molecular flexibility index (Phi) is 6.08. The van der Waals surface area contributed by atoms with Crippen LogP contribution in [-0.4, -0.2) is 43.8 Å². The first kappa shape index (κ1) is 21.5. The van der Waals surface area contributed by atoms with Gasteiger partial charge in [-0.1, -0.05) is 0 Å². The topological polar surface area (TPSA) is 88.6 Å². The van der Waals surface area contributed by atoms with Crippen molar-refractivity contribution in [3.63, 3.8) is 0 Å². The summed E-state index contributed by atoms with van der Waals surface area (Å²) in [5, 5.41) is 3.58. The van der Waals surface area contributed by atoms with E-state index < -0.39 is 10.0 Å². The van der Waals surface area contributed by atoms with Gasteiger partial charge in [-0.15, -0.1) is 11.3 Å². The molecule has 0 aliphatic carbocycles. The number of hydrogen-bond acceptors (Lipinski definition) is 6. The van der Waals surface area contributed by atoms with Crippen molar-refractivity contribution in [3.05, 3.63) is 59.1 Å². The molecule has 1 amide bonds. The molecule has 0 unspecified atom stereocenters. The number of nitrogens with zero attached hydrogens (tertiary/aromatic N) is 2. The quantitative estimate of drug-likeness (QED) is 0.600. The van der Waals surface area contributed by atoms with Crippen molar-refractivity contribution >= 4 is 33.0 Å². The number of hydrogen-bond donors (Lipinski definition) is 1. The first-order valence-corrected chi connectivity index (χ1v) is 12.2. The number of benzene rings is 2. The average molecular weight is 458 g/mol. The van der Waals surface area contributed by atoms with Gasteiger partial charge < -0.3 is 10.1 Å². The van der Waals surface area contributed by atoms with Gasteiger partial charge in [0.05, 0.1) is 17.7 Å². The Labute approximate surface area is 185 Å². The third kappa shape index (κ3) is 4.48. The number of carbonyl (C=O) groups is 1. The molecule has 3 aromatic rings. The van der Waals surface area contributed by atoms with Gasteiger partial charge in [-0.25, -0.2) is 13.4 Å². The first-order chi connectivity index (χ1) is 14.9. The lowest BCUT2D eigenvalue weighted by Gasteiger charge is -2.15. The molecule has 2 heterocycles. The molecule has 9 heteroatoms. The van der Waals surface area contributed by atoms with E-state index in [2.05, 4.69) is 10.3 Å². The minimum atomic E-state index is -3.47. The number of thiazole rings is 1. The van der Waals surface area contributed by atoms with E-state index in [1.165, 1.54) is 27.8 Å². The lowest BCUT2D eigenvalue weighted by atomic mass is 10.2. The van der Waals surface area contributed by atoms with Crippen molar-refractivity contribution in [2.75, 3.05) is 25.5 Å². The predicted molar refractivity (Wildman–Crippen MR) is 121 cm³/mol. The third-order valence-electron chi connectivity index (χ3n) is 5.15. The fourth-order valence-corrected chi connectivity index (χ4v) is 5.92. The molecule has 0 saturated carbocycles. The molecule has 1 aliphatic heterocycles. The van der Waals surface area contributed by atoms with Gasteiger partial charge >= 0.3 is 0 Å². The van der Waals surface area contributed by atoms with E-state index >= 15 is 0 Å². The van der Waals surface area contributed by atoms with Crippen molar-refractivity contribution in [2.45, 2.75) is 24.7 Å². The lowest BCUT2D eigenvalue weighted by Crippen LogP contribution is -2.27. The smallest absolute Gasteiger partial charge is 0.267 e. The molecule has 162 valence electrons. The molecule has 1 aromatic heterocycles. The number of nitrogens with one attached hydrogen (secondary N) is 1. The molecule has 4 rings (SSSR count). The standard InChI is InChI=1S/C22H23N3O4S2/c1-15-20(30-22(23-15)16-5-9-18(29-2)10-6-16)21(26)24-17-7-11-19(12-8-17)31(27,28)25-13-3-4-14-25/h5-12H,3-4,13-14H2,1-2H3,(H,24,26). The van der Waals surface area contributed by atoms with Crippen LogP contribution in [0.5, 0.6) is 5.75 Å². The van der Waals surface area contributed by atoms with Crippen LogP contribution in [0, 0.1) is 6.92 Å². The van der Waals surface area contributed by atoms with Crippen LogP contribution >= 0.6 is 11.3 Å². The summed E-state index contributed by atoms with van der Waals surface area (Å²) in [6, 6.07) is 13.8. The Morgan fingerprint density at radius 1 is 1.06 bits per heavy atom. The molecule has 7 nitrogen and oxygen atoms in total. The number of ether oxygens (including phenoxy) is 1. The number of aromatic nitrogens is 1. The summed E-state index contributed by atoms with van der Waals surface area (Å²) in [5.74, 6) is 0.482. The summed E-state index contributed by atoms with van der Waals surface area (Å²) >= 11 is 1.31. The normalized spacial score (nSPS) is 14.5. The predicted octanol–water partition coefficient (Wildman–Crippen LogP) is 4.16. The molecule has 0 radical (unpaired) electrons. The lowest BCUT2D eigenvalue weighted by molar-refractivity contribution is 0.103. The van der Waals surface area contributed by atoms with Gasteiger partial charge in [0.15, 0.2) is 0 Å². The maximum absolute atomic E-state index is 12.8. The van der Waals surface area contributed by atoms with Crippen LogP contribution in [0.25, 0.3) is 10.6 Å². The maximum Gasteiger partial charge on any atom is 0.267 e. The molecule has 0 spiro atoms.